The molecule has 0 aliphatic carbocycles. The summed E-state index contributed by atoms with van der Waals surface area (Å²) in [6.45, 7) is 3.39. The molecular weight excluding hydrogens is 407 g/mol. The van der Waals surface area contributed by atoms with Crippen molar-refractivity contribution in [2.75, 3.05) is 17.9 Å². The van der Waals surface area contributed by atoms with E-state index in [0.717, 1.165) is 29.2 Å². The Morgan fingerprint density at radius 1 is 1.07 bits per heavy atom. The monoisotopic (exact) mass is 430 g/mol. The van der Waals surface area contributed by atoms with Gasteiger partial charge in [0.25, 0.3) is 10.0 Å². The van der Waals surface area contributed by atoms with Crippen LogP contribution in [0.3, 0.4) is 0 Å². The summed E-state index contributed by atoms with van der Waals surface area (Å²) in [6.07, 6.45) is 0.769. The maximum atomic E-state index is 13.3. The van der Waals surface area contributed by atoms with Gasteiger partial charge in [0.15, 0.2) is 5.03 Å². The van der Waals surface area contributed by atoms with E-state index in [0.29, 0.717) is 25.5 Å². The summed E-state index contributed by atoms with van der Waals surface area (Å²) >= 11 is 0. The molecule has 0 bridgehead atoms. The standard InChI is InChI=1S/C21H23FN4O3S/c1-15-10-11-19(26-30(27,28)20-9-4-8-18(22)24-20)25-21(15)17-7-3-2-6-16(17)14-29-13-5-12-23/h2-4,6-11H,5,12-14,23H2,1H3,(H,25,26). The Labute approximate surface area is 175 Å². The van der Waals surface area contributed by atoms with Crippen LogP contribution in [0, 0.1) is 12.9 Å². The zero-order chi connectivity index (χ0) is 21.6. The number of aryl methyl sites for hydroxylation is 1. The molecule has 3 aromatic rings. The highest BCUT2D eigenvalue weighted by molar-refractivity contribution is 7.92. The quantitative estimate of drug-likeness (QED) is 0.399. The molecule has 1 aromatic carbocycles. The molecule has 2 heterocycles. The first-order valence-electron chi connectivity index (χ1n) is 9.40. The van der Waals surface area contributed by atoms with Gasteiger partial charge in [0.05, 0.1) is 12.3 Å². The van der Waals surface area contributed by atoms with Gasteiger partial charge in [0.1, 0.15) is 5.82 Å². The summed E-state index contributed by atoms with van der Waals surface area (Å²) in [5, 5.41) is -0.417. The molecule has 0 fully saturated rings. The van der Waals surface area contributed by atoms with Crippen LogP contribution in [0.25, 0.3) is 11.3 Å². The van der Waals surface area contributed by atoms with Crippen LogP contribution in [0.5, 0.6) is 0 Å². The van der Waals surface area contributed by atoms with Crippen molar-refractivity contribution in [3.8, 4) is 11.3 Å². The maximum absolute atomic E-state index is 13.3. The summed E-state index contributed by atoms with van der Waals surface area (Å²) in [7, 11) is -4.08. The van der Waals surface area contributed by atoms with E-state index in [9.17, 15) is 12.8 Å². The molecule has 30 heavy (non-hydrogen) atoms. The van der Waals surface area contributed by atoms with E-state index >= 15 is 0 Å². The van der Waals surface area contributed by atoms with Crippen molar-refractivity contribution >= 4 is 15.8 Å². The lowest BCUT2D eigenvalue weighted by molar-refractivity contribution is 0.120. The van der Waals surface area contributed by atoms with Crippen molar-refractivity contribution in [2.24, 2.45) is 5.73 Å². The summed E-state index contributed by atoms with van der Waals surface area (Å²) in [6, 6.07) is 14.5. The Kier molecular flexibility index (Phi) is 7.09. The second-order valence-corrected chi connectivity index (χ2v) is 8.25. The average molecular weight is 431 g/mol. The number of halogens is 1. The normalized spacial score (nSPS) is 11.4. The molecule has 3 rings (SSSR count). The van der Waals surface area contributed by atoms with E-state index in [-0.39, 0.29) is 5.82 Å². The van der Waals surface area contributed by atoms with E-state index in [2.05, 4.69) is 14.7 Å². The first-order valence-corrected chi connectivity index (χ1v) is 10.9. The number of nitrogens with one attached hydrogen (secondary N) is 1. The number of hydrogen-bond donors (Lipinski definition) is 2. The van der Waals surface area contributed by atoms with Gasteiger partial charge in [0.2, 0.25) is 5.95 Å². The largest absolute Gasteiger partial charge is 0.377 e. The molecule has 0 amide bonds. The Balaban J connectivity index is 1.89. The van der Waals surface area contributed by atoms with Gasteiger partial charge in [-0.1, -0.05) is 36.4 Å². The first-order chi connectivity index (χ1) is 14.4. The third-order valence-electron chi connectivity index (χ3n) is 4.32. The Bertz CT molecular complexity index is 1120. The number of pyridine rings is 2. The van der Waals surface area contributed by atoms with E-state index in [1.165, 1.54) is 12.1 Å². The summed E-state index contributed by atoms with van der Waals surface area (Å²) in [5.41, 5.74) is 8.76. The van der Waals surface area contributed by atoms with Gasteiger partial charge in [-0.3, -0.25) is 4.72 Å². The molecule has 0 aliphatic heterocycles. The van der Waals surface area contributed by atoms with Crippen LogP contribution in [0.1, 0.15) is 17.5 Å². The molecule has 0 spiro atoms. The van der Waals surface area contributed by atoms with Crippen LogP contribution < -0.4 is 10.5 Å². The van der Waals surface area contributed by atoms with Crippen LogP contribution in [-0.4, -0.2) is 31.5 Å². The number of rotatable bonds is 9. The number of benzene rings is 1. The lowest BCUT2D eigenvalue weighted by atomic mass is 10.0. The summed E-state index contributed by atoms with van der Waals surface area (Å²) in [4.78, 5) is 7.93. The Hall–Kier alpha value is -2.88. The van der Waals surface area contributed by atoms with Gasteiger partial charge in [-0.25, -0.2) is 9.97 Å². The molecule has 9 heteroatoms. The number of sulfonamides is 1. The topological polar surface area (TPSA) is 107 Å². The first kappa shape index (κ1) is 21.8. The molecule has 0 radical (unpaired) electrons. The lowest BCUT2D eigenvalue weighted by Crippen LogP contribution is -2.16. The Morgan fingerprint density at radius 3 is 2.63 bits per heavy atom. The average Bonchev–Trinajstić information content (AvgIpc) is 2.73. The second-order valence-electron chi connectivity index (χ2n) is 6.62. The van der Waals surface area contributed by atoms with Gasteiger partial charge in [-0.05, 0) is 49.2 Å². The summed E-state index contributed by atoms with van der Waals surface area (Å²) in [5.74, 6) is -0.764. The zero-order valence-corrected chi connectivity index (χ0v) is 17.3. The Morgan fingerprint density at radius 2 is 1.87 bits per heavy atom. The predicted molar refractivity (Wildman–Crippen MR) is 113 cm³/mol. The number of ether oxygens (including phenoxy) is 1. The van der Waals surface area contributed by atoms with Gasteiger partial charge in [0, 0.05) is 12.2 Å². The van der Waals surface area contributed by atoms with Crippen LogP contribution in [0.15, 0.2) is 59.6 Å². The minimum absolute atomic E-state index is 0.112. The zero-order valence-electron chi connectivity index (χ0n) is 16.5. The van der Waals surface area contributed by atoms with E-state index in [1.54, 1.807) is 12.1 Å². The van der Waals surface area contributed by atoms with E-state index in [4.69, 9.17) is 10.5 Å². The third-order valence-corrected chi connectivity index (χ3v) is 5.58. The van der Waals surface area contributed by atoms with Crippen LogP contribution in [-0.2, 0) is 21.4 Å². The molecule has 0 saturated heterocycles. The number of nitrogens with zero attached hydrogens (tertiary/aromatic N) is 2. The molecule has 3 N–H and O–H groups in total. The fourth-order valence-electron chi connectivity index (χ4n) is 2.83. The van der Waals surface area contributed by atoms with Crippen molar-refractivity contribution in [3.05, 3.63) is 71.7 Å². The third kappa shape index (κ3) is 5.38. The fraction of sp³-hybridized carbons (Fsp3) is 0.238. The number of anilines is 1. The van der Waals surface area contributed by atoms with Crippen molar-refractivity contribution in [1.29, 1.82) is 0 Å². The van der Waals surface area contributed by atoms with Crippen LogP contribution in [0.4, 0.5) is 10.2 Å². The molecule has 0 aliphatic rings. The van der Waals surface area contributed by atoms with Crippen molar-refractivity contribution < 1.29 is 17.5 Å². The summed E-state index contributed by atoms with van der Waals surface area (Å²) < 4.78 is 46.5. The van der Waals surface area contributed by atoms with E-state index < -0.39 is 21.0 Å². The highest BCUT2D eigenvalue weighted by atomic mass is 32.2. The van der Waals surface area contributed by atoms with Gasteiger partial charge >= 0.3 is 0 Å². The maximum Gasteiger partial charge on any atom is 0.280 e. The fourth-order valence-corrected chi connectivity index (χ4v) is 3.79. The SMILES string of the molecule is Cc1ccc(NS(=O)(=O)c2cccc(F)n2)nc1-c1ccccc1COCCCN. The molecule has 0 atom stereocenters. The highest BCUT2D eigenvalue weighted by Gasteiger charge is 2.18. The molecule has 0 saturated carbocycles. The number of hydrogen-bond acceptors (Lipinski definition) is 6. The highest BCUT2D eigenvalue weighted by Crippen LogP contribution is 2.27. The second kappa shape index (κ2) is 9.75. The predicted octanol–water partition coefficient (Wildman–Crippen LogP) is 3.26. The molecular formula is C21H23FN4O3S. The van der Waals surface area contributed by atoms with Gasteiger partial charge in [-0.2, -0.15) is 12.8 Å². The van der Waals surface area contributed by atoms with Gasteiger partial charge in [-0.15, -0.1) is 0 Å². The van der Waals surface area contributed by atoms with E-state index in [1.807, 2.05) is 31.2 Å². The smallest absolute Gasteiger partial charge is 0.280 e. The molecule has 2 aromatic heterocycles. The van der Waals surface area contributed by atoms with Crippen molar-refractivity contribution in [2.45, 2.75) is 25.0 Å². The van der Waals surface area contributed by atoms with Crippen LogP contribution in [0.2, 0.25) is 0 Å². The molecule has 7 nitrogen and oxygen atoms in total. The molecule has 158 valence electrons. The molecule has 0 unspecified atom stereocenters. The lowest BCUT2D eigenvalue weighted by Gasteiger charge is -2.14. The number of aromatic nitrogens is 2. The minimum Gasteiger partial charge on any atom is -0.377 e. The van der Waals surface area contributed by atoms with Crippen molar-refractivity contribution in [3.63, 3.8) is 0 Å². The number of nitrogens with two attached hydrogens (primary N) is 1. The van der Waals surface area contributed by atoms with Crippen LogP contribution >= 0.6 is 0 Å². The van der Waals surface area contributed by atoms with Crippen molar-refractivity contribution in [1.82, 2.24) is 9.97 Å². The minimum atomic E-state index is -4.08. The van der Waals surface area contributed by atoms with Gasteiger partial charge < -0.3 is 10.5 Å².